The largest absolute Gasteiger partial charge is 0.352 e. The van der Waals surface area contributed by atoms with Crippen LogP contribution in [0.2, 0.25) is 0 Å². The molecule has 5 heteroatoms. The predicted molar refractivity (Wildman–Crippen MR) is 61.3 cm³/mol. The number of carbonyl (C=O) groups is 1. The molecule has 0 aliphatic rings. The highest BCUT2D eigenvalue weighted by Crippen LogP contribution is 2.15. The van der Waals surface area contributed by atoms with E-state index in [0.717, 1.165) is 4.47 Å². The second kappa shape index (κ2) is 6.08. The third-order valence-corrected chi connectivity index (χ3v) is 2.49. The van der Waals surface area contributed by atoms with E-state index in [2.05, 4.69) is 21.2 Å². The van der Waals surface area contributed by atoms with Crippen molar-refractivity contribution in [3.8, 4) is 0 Å². The fourth-order valence-corrected chi connectivity index (χ4v) is 1.63. The van der Waals surface area contributed by atoms with Crippen LogP contribution >= 0.6 is 27.5 Å². The van der Waals surface area contributed by atoms with Gasteiger partial charge in [0.25, 0.3) is 0 Å². The first kappa shape index (κ1) is 12.5. The Morgan fingerprint density at radius 3 is 2.93 bits per heavy atom. The predicted octanol–water partition coefficient (Wildman–Crippen LogP) is 2.83. The second-order valence-electron chi connectivity index (χ2n) is 2.95. The SMILES string of the molecule is O=C(CCCl)NCc1cc(Br)ccc1F. The molecule has 1 amide bonds. The van der Waals surface area contributed by atoms with Crippen LogP contribution in [0, 0.1) is 5.82 Å². The Bertz CT molecular complexity index is 359. The van der Waals surface area contributed by atoms with Crippen LogP contribution in [0.5, 0.6) is 0 Å². The fraction of sp³-hybridized carbons (Fsp3) is 0.300. The zero-order valence-electron chi connectivity index (χ0n) is 7.90. The van der Waals surface area contributed by atoms with Gasteiger partial charge in [-0.2, -0.15) is 0 Å². The van der Waals surface area contributed by atoms with Crippen molar-refractivity contribution in [1.29, 1.82) is 0 Å². The summed E-state index contributed by atoms with van der Waals surface area (Å²) in [5.41, 5.74) is 0.451. The van der Waals surface area contributed by atoms with Gasteiger partial charge in [0.1, 0.15) is 5.82 Å². The lowest BCUT2D eigenvalue weighted by Crippen LogP contribution is -2.23. The number of rotatable bonds is 4. The highest BCUT2D eigenvalue weighted by molar-refractivity contribution is 9.10. The molecule has 0 aliphatic carbocycles. The van der Waals surface area contributed by atoms with Crippen LogP contribution in [0.4, 0.5) is 4.39 Å². The van der Waals surface area contributed by atoms with E-state index in [4.69, 9.17) is 11.6 Å². The maximum atomic E-state index is 13.2. The van der Waals surface area contributed by atoms with E-state index in [1.807, 2.05) is 0 Å². The summed E-state index contributed by atoms with van der Waals surface area (Å²) in [5.74, 6) is -0.235. The highest BCUT2D eigenvalue weighted by Gasteiger charge is 2.04. The number of hydrogen-bond acceptors (Lipinski definition) is 1. The van der Waals surface area contributed by atoms with Crippen LogP contribution < -0.4 is 5.32 Å². The molecule has 1 aromatic carbocycles. The molecule has 0 aliphatic heterocycles. The molecule has 1 aromatic rings. The molecule has 2 nitrogen and oxygen atoms in total. The second-order valence-corrected chi connectivity index (χ2v) is 4.25. The summed E-state index contributed by atoms with van der Waals surface area (Å²) in [6.07, 6.45) is 0.247. The van der Waals surface area contributed by atoms with Crippen molar-refractivity contribution in [3.63, 3.8) is 0 Å². The van der Waals surface area contributed by atoms with Crippen LogP contribution in [-0.2, 0) is 11.3 Å². The topological polar surface area (TPSA) is 29.1 Å². The van der Waals surface area contributed by atoms with Gasteiger partial charge in [0.15, 0.2) is 0 Å². The first-order valence-corrected chi connectivity index (χ1v) is 5.73. The lowest BCUT2D eigenvalue weighted by molar-refractivity contribution is -0.120. The standard InChI is InChI=1S/C10H10BrClFNO/c11-8-1-2-9(13)7(5-8)6-14-10(15)3-4-12/h1-2,5H,3-4,6H2,(H,14,15). The monoisotopic (exact) mass is 293 g/mol. The van der Waals surface area contributed by atoms with Gasteiger partial charge in [-0.15, -0.1) is 11.6 Å². The Morgan fingerprint density at radius 1 is 1.53 bits per heavy atom. The summed E-state index contributed by atoms with van der Waals surface area (Å²) >= 11 is 8.63. The molecule has 1 N–H and O–H groups in total. The quantitative estimate of drug-likeness (QED) is 0.850. The molecular formula is C10H10BrClFNO. The molecule has 0 heterocycles. The van der Waals surface area contributed by atoms with Gasteiger partial charge in [0.2, 0.25) is 5.91 Å². The van der Waals surface area contributed by atoms with Crippen LogP contribution in [-0.4, -0.2) is 11.8 Å². The molecule has 0 spiro atoms. The average molecular weight is 295 g/mol. The van der Waals surface area contributed by atoms with Crippen LogP contribution in [0.3, 0.4) is 0 Å². The van der Waals surface area contributed by atoms with Crippen molar-refractivity contribution < 1.29 is 9.18 Å². The van der Waals surface area contributed by atoms with Gasteiger partial charge in [0.05, 0.1) is 0 Å². The lowest BCUT2D eigenvalue weighted by Gasteiger charge is -2.05. The minimum Gasteiger partial charge on any atom is -0.352 e. The molecule has 0 aromatic heterocycles. The van der Waals surface area contributed by atoms with Crippen molar-refractivity contribution in [2.45, 2.75) is 13.0 Å². The third kappa shape index (κ3) is 4.18. The number of benzene rings is 1. The van der Waals surface area contributed by atoms with Gasteiger partial charge >= 0.3 is 0 Å². The number of carbonyl (C=O) groups excluding carboxylic acids is 1. The summed E-state index contributed by atoms with van der Waals surface area (Å²) in [6.45, 7) is 0.182. The normalized spacial score (nSPS) is 10.1. The number of hydrogen-bond donors (Lipinski definition) is 1. The minimum absolute atomic E-state index is 0.177. The van der Waals surface area contributed by atoms with E-state index in [-0.39, 0.29) is 30.6 Å². The first-order chi connectivity index (χ1) is 7.13. The Balaban J connectivity index is 2.57. The van der Waals surface area contributed by atoms with Gasteiger partial charge < -0.3 is 5.32 Å². The lowest BCUT2D eigenvalue weighted by atomic mass is 10.2. The Morgan fingerprint density at radius 2 is 2.27 bits per heavy atom. The summed E-state index contributed by atoms with van der Waals surface area (Å²) in [4.78, 5) is 11.1. The van der Waals surface area contributed by atoms with Gasteiger partial charge in [-0.3, -0.25) is 4.79 Å². The minimum atomic E-state index is -0.329. The van der Waals surface area contributed by atoms with E-state index in [9.17, 15) is 9.18 Å². The van der Waals surface area contributed by atoms with Gasteiger partial charge in [-0.1, -0.05) is 15.9 Å². The van der Waals surface area contributed by atoms with Gasteiger partial charge in [0, 0.05) is 28.9 Å². The highest BCUT2D eigenvalue weighted by atomic mass is 79.9. The fourth-order valence-electron chi connectivity index (χ4n) is 1.05. The smallest absolute Gasteiger partial charge is 0.221 e. The van der Waals surface area contributed by atoms with E-state index < -0.39 is 0 Å². The van der Waals surface area contributed by atoms with Gasteiger partial charge in [-0.25, -0.2) is 4.39 Å². The molecule has 0 unspecified atom stereocenters. The van der Waals surface area contributed by atoms with Crippen molar-refractivity contribution in [2.24, 2.45) is 0 Å². The van der Waals surface area contributed by atoms with E-state index in [1.54, 1.807) is 12.1 Å². The molecule has 0 fully saturated rings. The van der Waals surface area contributed by atoms with Crippen molar-refractivity contribution in [1.82, 2.24) is 5.32 Å². The Hall–Kier alpha value is -0.610. The first-order valence-electron chi connectivity index (χ1n) is 4.40. The third-order valence-electron chi connectivity index (χ3n) is 1.81. The summed E-state index contributed by atoms with van der Waals surface area (Å²) in [5, 5.41) is 2.58. The van der Waals surface area contributed by atoms with Crippen LogP contribution in [0.25, 0.3) is 0 Å². The molecular weight excluding hydrogens is 284 g/mol. The van der Waals surface area contributed by atoms with Crippen molar-refractivity contribution >= 4 is 33.4 Å². The van der Waals surface area contributed by atoms with Crippen LogP contribution in [0.1, 0.15) is 12.0 Å². The van der Waals surface area contributed by atoms with Crippen molar-refractivity contribution in [3.05, 3.63) is 34.1 Å². The molecule has 0 bridgehead atoms. The molecule has 0 saturated heterocycles. The summed E-state index contributed by atoms with van der Waals surface area (Å²) in [7, 11) is 0. The van der Waals surface area contributed by atoms with E-state index >= 15 is 0 Å². The van der Waals surface area contributed by atoms with Crippen molar-refractivity contribution in [2.75, 3.05) is 5.88 Å². The molecule has 0 radical (unpaired) electrons. The molecule has 1 rings (SSSR count). The molecule has 15 heavy (non-hydrogen) atoms. The number of amides is 1. The van der Waals surface area contributed by atoms with Crippen LogP contribution in [0.15, 0.2) is 22.7 Å². The Labute approximate surface area is 101 Å². The summed E-state index contributed by atoms with van der Waals surface area (Å²) in [6, 6.07) is 4.60. The maximum Gasteiger partial charge on any atom is 0.221 e. The zero-order chi connectivity index (χ0) is 11.3. The number of nitrogens with one attached hydrogen (secondary N) is 1. The zero-order valence-corrected chi connectivity index (χ0v) is 10.2. The molecule has 0 atom stereocenters. The number of alkyl halides is 1. The summed E-state index contributed by atoms with van der Waals surface area (Å²) < 4.78 is 14.0. The van der Waals surface area contributed by atoms with E-state index in [0.29, 0.717) is 5.56 Å². The van der Waals surface area contributed by atoms with Gasteiger partial charge in [-0.05, 0) is 18.2 Å². The molecule has 0 saturated carbocycles. The number of halogens is 3. The average Bonchev–Trinajstić information content (AvgIpc) is 2.20. The Kier molecular flexibility index (Phi) is 5.05. The maximum absolute atomic E-state index is 13.2. The van der Waals surface area contributed by atoms with E-state index in [1.165, 1.54) is 6.07 Å². The molecule has 82 valence electrons.